The normalized spacial score (nSPS) is 12.1. The van der Waals surface area contributed by atoms with Gasteiger partial charge in [-0.1, -0.05) is 19.9 Å². The summed E-state index contributed by atoms with van der Waals surface area (Å²) in [5, 5.41) is 11.9. The zero-order valence-corrected chi connectivity index (χ0v) is 14.3. The second-order valence-electron chi connectivity index (χ2n) is 5.49. The van der Waals surface area contributed by atoms with Crippen molar-refractivity contribution in [2.45, 2.75) is 33.2 Å². The molecule has 1 unspecified atom stereocenters. The van der Waals surface area contributed by atoms with E-state index in [9.17, 15) is 14.7 Å². The molecule has 0 aromatic heterocycles. The van der Waals surface area contributed by atoms with Gasteiger partial charge in [0.15, 0.2) is 0 Å². The number of carbonyl (C=O) groups is 2. The molecule has 0 radical (unpaired) electrons. The Morgan fingerprint density at radius 2 is 1.95 bits per heavy atom. The van der Waals surface area contributed by atoms with E-state index in [0.717, 1.165) is 6.42 Å². The topological polar surface area (TPSA) is 69.6 Å². The summed E-state index contributed by atoms with van der Waals surface area (Å²) in [6.45, 7) is 6.16. The maximum Gasteiger partial charge on any atom is 0.337 e. The Kier molecular flexibility index (Phi) is 6.20. The summed E-state index contributed by atoms with van der Waals surface area (Å²) in [6, 6.07) is 4.52. The lowest BCUT2D eigenvalue weighted by Gasteiger charge is -2.27. The van der Waals surface area contributed by atoms with Gasteiger partial charge in [0.1, 0.15) is 0 Å². The van der Waals surface area contributed by atoms with Crippen LogP contribution in [0.4, 0.5) is 10.5 Å². The van der Waals surface area contributed by atoms with Crippen LogP contribution in [0.5, 0.6) is 0 Å². The van der Waals surface area contributed by atoms with Gasteiger partial charge in [-0.25, -0.2) is 9.59 Å². The zero-order valence-electron chi connectivity index (χ0n) is 12.7. The van der Waals surface area contributed by atoms with Gasteiger partial charge in [0, 0.05) is 17.6 Å². The van der Waals surface area contributed by atoms with Gasteiger partial charge < -0.3 is 15.3 Å². The predicted molar refractivity (Wildman–Crippen MR) is 86.8 cm³/mol. The molecule has 0 aliphatic heterocycles. The van der Waals surface area contributed by atoms with Crippen molar-refractivity contribution < 1.29 is 14.7 Å². The summed E-state index contributed by atoms with van der Waals surface area (Å²) in [6.07, 6.45) is 0.881. The number of amides is 2. The van der Waals surface area contributed by atoms with Crippen molar-refractivity contribution in [1.29, 1.82) is 0 Å². The summed E-state index contributed by atoms with van der Waals surface area (Å²) in [5.74, 6) is -0.599. The third-order valence-corrected chi connectivity index (χ3v) is 3.93. The number of nitrogens with zero attached hydrogens (tertiary/aromatic N) is 1. The standard InChI is InChI=1S/C15H21BrN2O3/c1-9(2)8-10(3)18(4)15(21)17-13-11(14(19)20)6-5-7-12(13)16/h5-7,9-10H,8H2,1-4H3,(H,17,21)(H,19,20). The number of anilines is 1. The number of nitrogens with one attached hydrogen (secondary N) is 1. The first kappa shape index (κ1) is 17.5. The van der Waals surface area contributed by atoms with Gasteiger partial charge in [0.05, 0.1) is 11.3 Å². The van der Waals surface area contributed by atoms with Gasteiger partial charge in [-0.15, -0.1) is 0 Å². The van der Waals surface area contributed by atoms with E-state index in [4.69, 9.17) is 0 Å². The Labute approximate surface area is 133 Å². The molecular weight excluding hydrogens is 336 g/mol. The average molecular weight is 357 g/mol. The maximum absolute atomic E-state index is 12.3. The van der Waals surface area contributed by atoms with Crippen molar-refractivity contribution in [3.05, 3.63) is 28.2 Å². The van der Waals surface area contributed by atoms with Crippen LogP contribution in [0.3, 0.4) is 0 Å². The molecule has 0 bridgehead atoms. The van der Waals surface area contributed by atoms with E-state index in [1.54, 1.807) is 24.1 Å². The lowest BCUT2D eigenvalue weighted by atomic mass is 10.0. The van der Waals surface area contributed by atoms with Gasteiger partial charge in [0.25, 0.3) is 0 Å². The highest BCUT2D eigenvalue weighted by Crippen LogP contribution is 2.27. The number of para-hydroxylation sites is 1. The number of urea groups is 1. The van der Waals surface area contributed by atoms with E-state index in [2.05, 4.69) is 35.1 Å². The molecule has 5 nitrogen and oxygen atoms in total. The van der Waals surface area contributed by atoms with E-state index in [1.165, 1.54) is 6.07 Å². The molecule has 1 aromatic carbocycles. The van der Waals surface area contributed by atoms with E-state index in [-0.39, 0.29) is 23.3 Å². The van der Waals surface area contributed by atoms with Crippen LogP contribution in [0.15, 0.2) is 22.7 Å². The second-order valence-corrected chi connectivity index (χ2v) is 6.34. The molecule has 0 fully saturated rings. The Morgan fingerprint density at radius 3 is 2.48 bits per heavy atom. The molecule has 6 heteroatoms. The Hall–Kier alpha value is -1.56. The van der Waals surface area contributed by atoms with E-state index in [0.29, 0.717) is 10.4 Å². The van der Waals surface area contributed by atoms with Crippen molar-refractivity contribution >= 4 is 33.6 Å². The SMILES string of the molecule is CC(C)CC(C)N(C)C(=O)Nc1c(Br)cccc1C(=O)O. The van der Waals surface area contributed by atoms with Crippen LogP contribution in [-0.2, 0) is 0 Å². The van der Waals surface area contributed by atoms with Gasteiger partial charge in [-0.3, -0.25) is 0 Å². The molecule has 1 rings (SSSR count). The molecule has 21 heavy (non-hydrogen) atoms. The van der Waals surface area contributed by atoms with E-state index in [1.807, 2.05) is 6.92 Å². The Morgan fingerprint density at radius 1 is 1.33 bits per heavy atom. The molecule has 116 valence electrons. The summed E-state index contributed by atoms with van der Waals surface area (Å²) in [4.78, 5) is 25.1. The highest BCUT2D eigenvalue weighted by Gasteiger charge is 2.20. The molecule has 0 spiro atoms. The number of carboxylic acids is 1. The molecule has 0 saturated carbocycles. The van der Waals surface area contributed by atoms with Crippen molar-refractivity contribution in [1.82, 2.24) is 4.90 Å². The van der Waals surface area contributed by atoms with Crippen molar-refractivity contribution in [2.75, 3.05) is 12.4 Å². The number of carboxylic acid groups (broad SMARTS) is 1. The zero-order chi connectivity index (χ0) is 16.2. The van der Waals surface area contributed by atoms with Crippen LogP contribution >= 0.6 is 15.9 Å². The average Bonchev–Trinajstić information content (AvgIpc) is 2.38. The maximum atomic E-state index is 12.3. The number of benzene rings is 1. The second kappa shape index (κ2) is 7.45. The van der Waals surface area contributed by atoms with Crippen molar-refractivity contribution in [3.8, 4) is 0 Å². The molecule has 1 aromatic rings. The fourth-order valence-corrected chi connectivity index (χ4v) is 2.53. The Bertz CT molecular complexity index is 532. The number of hydrogen-bond acceptors (Lipinski definition) is 2. The predicted octanol–water partition coefficient (Wildman–Crippen LogP) is 4.05. The van der Waals surface area contributed by atoms with Crippen molar-refractivity contribution in [2.24, 2.45) is 5.92 Å². The first-order chi connectivity index (χ1) is 9.73. The van der Waals surface area contributed by atoms with Crippen LogP contribution in [0.2, 0.25) is 0 Å². The third kappa shape index (κ3) is 4.74. The number of aromatic carboxylic acids is 1. The van der Waals surface area contributed by atoms with Crippen LogP contribution in [-0.4, -0.2) is 35.1 Å². The molecule has 1 atom stereocenters. The molecule has 0 heterocycles. The molecule has 0 saturated heterocycles. The van der Waals surface area contributed by atoms with Gasteiger partial charge in [-0.05, 0) is 47.3 Å². The molecule has 2 N–H and O–H groups in total. The van der Waals surface area contributed by atoms with Gasteiger partial charge >= 0.3 is 12.0 Å². The first-order valence-electron chi connectivity index (χ1n) is 6.79. The lowest BCUT2D eigenvalue weighted by Crippen LogP contribution is -2.39. The molecule has 2 amide bonds. The number of carbonyl (C=O) groups excluding carboxylic acids is 1. The van der Waals surface area contributed by atoms with Crippen LogP contribution in [0.1, 0.15) is 37.6 Å². The summed E-state index contributed by atoms with van der Waals surface area (Å²) < 4.78 is 0.542. The summed E-state index contributed by atoms with van der Waals surface area (Å²) in [7, 11) is 1.71. The highest BCUT2D eigenvalue weighted by atomic mass is 79.9. The largest absolute Gasteiger partial charge is 0.478 e. The smallest absolute Gasteiger partial charge is 0.337 e. The third-order valence-electron chi connectivity index (χ3n) is 3.27. The van der Waals surface area contributed by atoms with Gasteiger partial charge in [-0.2, -0.15) is 0 Å². The first-order valence-corrected chi connectivity index (χ1v) is 7.59. The van der Waals surface area contributed by atoms with E-state index >= 15 is 0 Å². The van der Waals surface area contributed by atoms with Crippen LogP contribution in [0, 0.1) is 5.92 Å². The molecular formula is C15H21BrN2O3. The minimum atomic E-state index is -1.08. The Balaban J connectivity index is 2.91. The number of rotatable bonds is 5. The molecule has 0 aliphatic rings. The van der Waals surface area contributed by atoms with E-state index < -0.39 is 5.97 Å². The monoisotopic (exact) mass is 356 g/mol. The highest BCUT2D eigenvalue weighted by molar-refractivity contribution is 9.10. The lowest BCUT2D eigenvalue weighted by molar-refractivity contribution is 0.0698. The number of hydrogen-bond donors (Lipinski definition) is 2. The summed E-state index contributed by atoms with van der Waals surface area (Å²) >= 11 is 3.27. The number of halogens is 1. The fourth-order valence-electron chi connectivity index (χ4n) is 2.07. The van der Waals surface area contributed by atoms with Gasteiger partial charge in [0.2, 0.25) is 0 Å². The summed E-state index contributed by atoms with van der Waals surface area (Å²) in [5.41, 5.74) is 0.334. The van der Waals surface area contributed by atoms with Crippen molar-refractivity contribution in [3.63, 3.8) is 0 Å². The minimum Gasteiger partial charge on any atom is -0.478 e. The quantitative estimate of drug-likeness (QED) is 0.835. The minimum absolute atomic E-state index is 0.0580. The fraction of sp³-hybridized carbons (Fsp3) is 0.467. The molecule has 0 aliphatic carbocycles. The van der Waals surface area contributed by atoms with Crippen LogP contribution in [0.25, 0.3) is 0 Å². The van der Waals surface area contributed by atoms with Crippen LogP contribution < -0.4 is 5.32 Å².